The summed E-state index contributed by atoms with van der Waals surface area (Å²) in [6.07, 6.45) is 0. The Balaban J connectivity index is 2.13. The maximum atomic E-state index is 12.1. The van der Waals surface area contributed by atoms with Gasteiger partial charge in [-0.15, -0.1) is 0 Å². The Kier molecular flexibility index (Phi) is 4.35. The summed E-state index contributed by atoms with van der Waals surface area (Å²) in [6.45, 7) is 3.93. The number of nitrogens with two attached hydrogens (primary N) is 1. The largest absolute Gasteiger partial charge is 0.426 e. The van der Waals surface area contributed by atoms with Gasteiger partial charge < -0.3 is 15.0 Å². The first-order chi connectivity index (χ1) is 13.5. The number of esters is 1. The Morgan fingerprint density at radius 3 is 2.39 bits per heavy atom. The van der Waals surface area contributed by atoms with Crippen molar-refractivity contribution in [2.75, 3.05) is 0 Å². The topological polar surface area (TPSA) is 74.3 Å². The van der Waals surface area contributed by atoms with Gasteiger partial charge in [0.2, 0.25) is 5.91 Å². The van der Waals surface area contributed by atoms with E-state index in [1.165, 1.54) is 6.92 Å². The van der Waals surface area contributed by atoms with Crippen LogP contribution in [0, 0.1) is 6.92 Å². The molecule has 0 fully saturated rings. The molecule has 4 aromatic rings. The highest BCUT2D eigenvalue weighted by Crippen LogP contribution is 2.39. The lowest BCUT2D eigenvalue weighted by Gasteiger charge is -2.09. The highest BCUT2D eigenvalue weighted by atomic mass is 16.5. The molecular formula is C23H20N2O3. The summed E-state index contributed by atoms with van der Waals surface area (Å²) >= 11 is 0. The normalized spacial score (nSPS) is 11.1. The molecule has 4 rings (SSSR count). The predicted octanol–water partition coefficient (Wildman–Crippen LogP) is 4.18. The molecule has 0 aliphatic carbocycles. The van der Waals surface area contributed by atoms with Crippen LogP contribution >= 0.6 is 0 Å². The number of primary amides is 1. The Labute approximate surface area is 162 Å². The second-order valence-corrected chi connectivity index (χ2v) is 6.89. The van der Waals surface area contributed by atoms with Crippen LogP contribution in [0.3, 0.4) is 0 Å². The molecule has 0 saturated heterocycles. The Hall–Kier alpha value is -3.60. The molecule has 0 atom stereocenters. The van der Waals surface area contributed by atoms with Gasteiger partial charge in [0, 0.05) is 24.4 Å². The van der Waals surface area contributed by atoms with Gasteiger partial charge in [-0.1, -0.05) is 36.4 Å². The minimum Gasteiger partial charge on any atom is -0.426 e. The third-order valence-corrected chi connectivity index (χ3v) is 4.80. The van der Waals surface area contributed by atoms with Crippen LogP contribution in [0.15, 0.2) is 60.7 Å². The summed E-state index contributed by atoms with van der Waals surface area (Å²) < 4.78 is 7.64. The summed E-state index contributed by atoms with van der Waals surface area (Å²) in [4.78, 5) is 23.8. The number of aryl methyl sites for hydroxylation is 1. The van der Waals surface area contributed by atoms with Gasteiger partial charge in [-0.05, 0) is 42.3 Å². The van der Waals surface area contributed by atoms with E-state index in [-0.39, 0.29) is 0 Å². The van der Waals surface area contributed by atoms with E-state index in [2.05, 4.69) is 16.7 Å². The van der Waals surface area contributed by atoms with Crippen molar-refractivity contribution in [2.45, 2.75) is 20.4 Å². The molecule has 1 aromatic heterocycles. The molecule has 28 heavy (non-hydrogen) atoms. The van der Waals surface area contributed by atoms with E-state index >= 15 is 0 Å². The van der Waals surface area contributed by atoms with Crippen molar-refractivity contribution in [2.24, 2.45) is 5.73 Å². The number of amides is 1. The molecule has 5 nitrogen and oxygen atoms in total. The maximum absolute atomic E-state index is 12.1. The van der Waals surface area contributed by atoms with Crippen molar-refractivity contribution < 1.29 is 14.3 Å². The number of aromatic nitrogens is 1. The molecule has 0 radical (unpaired) electrons. The monoisotopic (exact) mass is 372 g/mol. The number of nitrogens with zero attached hydrogens (tertiary/aromatic N) is 1. The minimum atomic E-state index is -0.515. The zero-order chi connectivity index (χ0) is 19.8. The quantitative estimate of drug-likeness (QED) is 0.431. The van der Waals surface area contributed by atoms with Crippen LogP contribution < -0.4 is 10.5 Å². The van der Waals surface area contributed by atoms with Crippen molar-refractivity contribution in [3.05, 3.63) is 77.4 Å². The molecule has 0 bridgehead atoms. The standard InChI is InChI=1S/C23H20N2O3/c1-14-11-19-22(20(12-14)28-15(2)26)21-17(23(24)27)9-6-10-18(21)25(19)13-16-7-4-3-5-8-16/h3-12H,13H2,1-2H3,(H2,24,27). The lowest BCUT2D eigenvalue weighted by atomic mass is 10.0. The van der Waals surface area contributed by atoms with Gasteiger partial charge >= 0.3 is 5.97 Å². The molecule has 140 valence electrons. The molecule has 3 aromatic carbocycles. The zero-order valence-electron chi connectivity index (χ0n) is 15.7. The van der Waals surface area contributed by atoms with Crippen LogP contribution in [0.4, 0.5) is 0 Å². The lowest BCUT2D eigenvalue weighted by molar-refractivity contribution is -0.131. The molecule has 0 aliphatic rings. The number of rotatable bonds is 4. The maximum Gasteiger partial charge on any atom is 0.308 e. The van der Waals surface area contributed by atoms with Gasteiger partial charge in [0.1, 0.15) is 5.75 Å². The van der Waals surface area contributed by atoms with Crippen LogP contribution in [-0.4, -0.2) is 16.4 Å². The molecule has 1 amide bonds. The third-order valence-electron chi connectivity index (χ3n) is 4.80. The van der Waals surface area contributed by atoms with Gasteiger partial charge in [0.05, 0.1) is 16.4 Å². The Bertz CT molecular complexity index is 1220. The van der Waals surface area contributed by atoms with Crippen molar-refractivity contribution in [1.82, 2.24) is 4.57 Å². The lowest BCUT2D eigenvalue weighted by Crippen LogP contribution is -2.11. The fraction of sp³-hybridized carbons (Fsp3) is 0.130. The number of benzene rings is 3. The first kappa shape index (κ1) is 17.8. The summed E-state index contributed by atoms with van der Waals surface area (Å²) in [6, 6.07) is 19.4. The third kappa shape index (κ3) is 3.01. The summed E-state index contributed by atoms with van der Waals surface area (Å²) in [5.41, 5.74) is 9.91. The van der Waals surface area contributed by atoms with E-state index in [0.29, 0.717) is 23.2 Å². The summed E-state index contributed by atoms with van der Waals surface area (Å²) in [5, 5.41) is 1.43. The van der Waals surface area contributed by atoms with Crippen molar-refractivity contribution in [1.29, 1.82) is 0 Å². The number of ether oxygens (including phenoxy) is 1. The van der Waals surface area contributed by atoms with Crippen LogP contribution in [0.5, 0.6) is 5.75 Å². The molecule has 0 spiro atoms. The number of carbonyl (C=O) groups excluding carboxylic acids is 2. The molecule has 2 N–H and O–H groups in total. The molecule has 5 heteroatoms. The predicted molar refractivity (Wildman–Crippen MR) is 110 cm³/mol. The highest BCUT2D eigenvalue weighted by molar-refractivity contribution is 6.20. The number of hydrogen-bond acceptors (Lipinski definition) is 3. The van der Waals surface area contributed by atoms with Crippen molar-refractivity contribution in [3.63, 3.8) is 0 Å². The fourth-order valence-electron chi connectivity index (χ4n) is 3.73. The van der Waals surface area contributed by atoms with Crippen molar-refractivity contribution >= 4 is 33.7 Å². The van der Waals surface area contributed by atoms with Crippen LogP contribution in [0.25, 0.3) is 21.8 Å². The van der Waals surface area contributed by atoms with E-state index in [1.807, 2.05) is 49.4 Å². The molecule has 0 unspecified atom stereocenters. The van der Waals surface area contributed by atoms with Gasteiger partial charge in [-0.2, -0.15) is 0 Å². The van der Waals surface area contributed by atoms with Crippen LogP contribution in [-0.2, 0) is 11.3 Å². The molecule has 1 heterocycles. The first-order valence-electron chi connectivity index (χ1n) is 9.03. The second kappa shape index (κ2) is 6.85. The van der Waals surface area contributed by atoms with E-state index in [0.717, 1.165) is 27.5 Å². The molecule has 0 saturated carbocycles. The average molecular weight is 372 g/mol. The Morgan fingerprint density at radius 1 is 0.964 bits per heavy atom. The van der Waals surface area contributed by atoms with E-state index < -0.39 is 11.9 Å². The molecule has 0 aliphatic heterocycles. The number of hydrogen-bond donors (Lipinski definition) is 1. The zero-order valence-corrected chi connectivity index (χ0v) is 15.7. The van der Waals surface area contributed by atoms with Gasteiger partial charge in [0.25, 0.3) is 0 Å². The van der Waals surface area contributed by atoms with E-state index in [1.54, 1.807) is 6.07 Å². The minimum absolute atomic E-state index is 0.409. The highest BCUT2D eigenvalue weighted by Gasteiger charge is 2.21. The second-order valence-electron chi connectivity index (χ2n) is 6.89. The van der Waals surface area contributed by atoms with Crippen LogP contribution in [0.1, 0.15) is 28.4 Å². The first-order valence-corrected chi connectivity index (χ1v) is 9.03. The van der Waals surface area contributed by atoms with Gasteiger partial charge in [-0.3, -0.25) is 9.59 Å². The SMILES string of the molecule is CC(=O)Oc1cc(C)cc2c1c1c(C(N)=O)cccc1n2Cc1ccccc1. The number of fused-ring (bicyclic) bond motifs is 3. The smallest absolute Gasteiger partial charge is 0.308 e. The van der Waals surface area contributed by atoms with E-state index in [4.69, 9.17) is 10.5 Å². The Morgan fingerprint density at radius 2 is 1.71 bits per heavy atom. The van der Waals surface area contributed by atoms with Gasteiger partial charge in [0.15, 0.2) is 0 Å². The molecular weight excluding hydrogens is 352 g/mol. The average Bonchev–Trinajstić information content (AvgIpc) is 2.96. The number of carbonyl (C=O) groups is 2. The summed E-state index contributed by atoms with van der Waals surface area (Å²) in [5.74, 6) is -0.487. The van der Waals surface area contributed by atoms with Gasteiger partial charge in [-0.25, -0.2) is 0 Å². The summed E-state index contributed by atoms with van der Waals surface area (Å²) in [7, 11) is 0. The fourth-order valence-corrected chi connectivity index (χ4v) is 3.73. The van der Waals surface area contributed by atoms with Crippen molar-refractivity contribution in [3.8, 4) is 5.75 Å². The van der Waals surface area contributed by atoms with E-state index in [9.17, 15) is 9.59 Å². The van der Waals surface area contributed by atoms with Crippen LogP contribution in [0.2, 0.25) is 0 Å².